The highest BCUT2D eigenvalue weighted by molar-refractivity contribution is 6.33. The lowest BCUT2D eigenvalue weighted by atomic mass is 10.2. The van der Waals surface area contributed by atoms with Crippen molar-refractivity contribution in [3.8, 4) is 0 Å². The summed E-state index contributed by atoms with van der Waals surface area (Å²) in [5.74, 6) is -0.240. The molecule has 0 atom stereocenters. The first kappa shape index (κ1) is 18.1. The molecule has 1 aromatic carbocycles. The normalized spacial score (nSPS) is 10.9. The van der Waals surface area contributed by atoms with Gasteiger partial charge in [-0.2, -0.15) is 13.2 Å². The summed E-state index contributed by atoms with van der Waals surface area (Å²) in [6.45, 7) is 7.73. The molecule has 0 fully saturated rings. The van der Waals surface area contributed by atoms with Crippen LogP contribution in [-0.4, -0.2) is 30.4 Å². The molecular formula is C15H16ClF3N2O. The Labute approximate surface area is 132 Å². The van der Waals surface area contributed by atoms with E-state index in [1.54, 1.807) is 12.2 Å². The highest BCUT2D eigenvalue weighted by Crippen LogP contribution is 2.33. The number of alkyl halides is 3. The van der Waals surface area contributed by atoms with E-state index in [1.807, 2.05) is 0 Å². The Hall–Kier alpha value is -1.95. The molecule has 1 aromatic rings. The van der Waals surface area contributed by atoms with Gasteiger partial charge in [-0.05, 0) is 18.2 Å². The van der Waals surface area contributed by atoms with Crippen LogP contribution in [0.4, 0.5) is 18.9 Å². The van der Waals surface area contributed by atoms with Crippen molar-refractivity contribution in [3.63, 3.8) is 0 Å². The molecule has 7 heteroatoms. The van der Waals surface area contributed by atoms with Crippen LogP contribution in [0.3, 0.4) is 0 Å². The number of hydrogen-bond donors (Lipinski definition) is 1. The number of nitrogens with zero attached hydrogens (tertiary/aromatic N) is 1. The number of amides is 1. The van der Waals surface area contributed by atoms with Crippen LogP contribution in [0, 0.1) is 0 Å². The van der Waals surface area contributed by atoms with Gasteiger partial charge < -0.3 is 10.2 Å². The van der Waals surface area contributed by atoms with Crippen molar-refractivity contribution in [2.75, 3.05) is 25.0 Å². The molecule has 0 spiro atoms. The fourth-order valence-electron chi connectivity index (χ4n) is 1.71. The van der Waals surface area contributed by atoms with E-state index in [0.29, 0.717) is 13.1 Å². The van der Waals surface area contributed by atoms with Crippen molar-refractivity contribution in [2.24, 2.45) is 0 Å². The number of anilines is 1. The van der Waals surface area contributed by atoms with Gasteiger partial charge in [0.2, 0.25) is 5.91 Å². The molecule has 0 saturated carbocycles. The molecule has 0 aliphatic rings. The molecule has 0 aromatic heterocycles. The van der Waals surface area contributed by atoms with Crippen molar-refractivity contribution in [1.82, 2.24) is 4.90 Å². The molecule has 0 bridgehead atoms. The minimum atomic E-state index is -4.46. The standard InChI is InChI=1S/C15H16ClF3N2O/c1-3-7-21(8-4-2)14(22)10-20-13-6-5-11(9-12(13)16)15(17,18)19/h3-6,9,20H,1-2,7-8,10H2. The number of carbonyl (C=O) groups is 1. The molecule has 0 aliphatic carbocycles. The first-order valence-corrected chi connectivity index (χ1v) is 6.77. The van der Waals surface area contributed by atoms with Gasteiger partial charge in [-0.25, -0.2) is 0 Å². The monoisotopic (exact) mass is 332 g/mol. The summed E-state index contributed by atoms with van der Waals surface area (Å²) in [4.78, 5) is 13.5. The third-order valence-electron chi connectivity index (χ3n) is 2.78. The van der Waals surface area contributed by atoms with Crippen molar-refractivity contribution in [1.29, 1.82) is 0 Å². The summed E-state index contributed by atoms with van der Waals surface area (Å²) in [6.07, 6.45) is -1.30. The van der Waals surface area contributed by atoms with Crippen LogP contribution in [0.15, 0.2) is 43.5 Å². The molecular weight excluding hydrogens is 317 g/mol. The lowest BCUT2D eigenvalue weighted by Gasteiger charge is -2.20. The molecule has 120 valence electrons. The van der Waals surface area contributed by atoms with Gasteiger partial charge >= 0.3 is 6.18 Å². The third-order valence-corrected chi connectivity index (χ3v) is 3.09. The predicted molar refractivity (Wildman–Crippen MR) is 81.9 cm³/mol. The molecule has 0 saturated heterocycles. The number of benzene rings is 1. The number of hydrogen-bond acceptors (Lipinski definition) is 2. The smallest absolute Gasteiger partial charge is 0.375 e. The third kappa shape index (κ3) is 5.11. The summed E-state index contributed by atoms with van der Waals surface area (Å²) in [6, 6.07) is 2.92. The Morgan fingerprint density at radius 2 is 1.86 bits per heavy atom. The minimum Gasteiger partial charge on any atom is -0.375 e. The number of nitrogens with one attached hydrogen (secondary N) is 1. The van der Waals surface area contributed by atoms with Crippen molar-refractivity contribution >= 4 is 23.2 Å². The Morgan fingerprint density at radius 1 is 1.27 bits per heavy atom. The van der Waals surface area contributed by atoms with E-state index in [4.69, 9.17) is 11.6 Å². The van der Waals surface area contributed by atoms with Crippen LogP contribution in [0.25, 0.3) is 0 Å². The van der Waals surface area contributed by atoms with Crippen LogP contribution in [0.1, 0.15) is 5.56 Å². The Bertz CT molecular complexity index is 548. The van der Waals surface area contributed by atoms with Gasteiger partial charge in [0, 0.05) is 13.1 Å². The van der Waals surface area contributed by atoms with Gasteiger partial charge in [-0.3, -0.25) is 4.79 Å². The summed E-state index contributed by atoms with van der Waals surface area (Å²) < 4.78 is 37.6. The van der Waals surface area contributed by atoms with Crippen LogP contribution >= 0.6 is 11.6 Å². The minimum absolute atomic E-state index is 0.0905. The van der Waals surface area contributed by atoms with Crippen LogP contribution in [0.2, 0.25) is 5.02 Å². The zero-order valence-corrected chi connectivity index (χ0v) is 12.5. The maximum atomic E-state index is 12.5. The molecule has 0 aliphatic heterocycles. The molecule has 1 rings (SSSR count). The van der Waals surface area contributed by atoms with Gasteiger partial charge in [0.15, 0.2) is 0 Å². The van der Waals surface area contributed by atoms with E-state index in [-0.39, 0.29) is 23.2 Å². The van der Waals surface area contributed by atoms with E-state index in [2.05, 4.69) is 18.5 Å². The predicted octanol–water partition coefficient (Wildman–Crippen LogP) is 3.97. The van der Waals surface area contributed by atoms with Crippen molar-refractivity contribution in [2.45, 2.75) is 6.18 Å². The van der Waals surface area contributed by atoms with Crippen molar-refractivity contribution < 1.29 is 18.0 Å². The Morgan fingerprint density at radius 3 is 2.32 bits per heavy atom. The van der Waals surface area contributed by atoms with E-state index < -0.39 is 11.7 Å². The molecule has 0 radical (unpaired) electrons. The highest BCUT2D eigenvalue weighted by Gasteiger charge is 2.30. The maximum absolute atomic E-state index is 12.5. The molecule has 3 nitrogen and oxygen atoms in total. The lowest BCUT2D eigenvalue weighted by Crippen LogP contribution is -2.35. The number of carbonyl (C=O) groups excluding carboxylic acids is 1. The average Bonchev–Trinajstić information content (AvgIpc) is 2.44. The number of rotatable bonds is 7. The molecule has 22 heavy (non-hydrogen) atoms. The van der Waals surface area contributed by atoms with Crippen molar-refractivity contribution in [3.05, 3.63) is 54.1 Å². The molecule has 1 N–H and O–H groups in total. The highest BCUT2D eigenvalue weighted by atomic mass is 35.5. The SMILES string of the molecule is C=CCN(CC=C)C(=O)CNc1ccc(C(F)(F)F)cc1Cl. The van der Waals surface area contributed by atoms with Crippen LogP contribution < -0.4 is 5.32 Å². The van der Waals surface area contributed by atoms with E-state index in [9.17, 15) is 18.0 Å². The van der Waals surface area contributed by atoms with Gasteiger partial charge in [0.05, 0.1) is 22.8 Å². The second-order valence-electron chi connectivity index (χ2n) is 4.42. The van der Waals surface area contributed by atoms with E-state index >= 15 is 0 Å². The summed E-state index contributed by atoms with van der Waals surface area (Å²) >= 11 is 5.80. The first-order valence-electron chi connectivity index (χ1n) is 6.39. The topological polar surface area (TPSA) is 32.3 Å². The van der Waals surface area contributed by atoms with Gasteiger partial charge in [0.25, 0.3) is 0 Å². The summed E-state index contributed by atoms with van der Waals surface area (Å²) in [7, 11) is 0. The zero-order chi connectivity index (χ0) is 16.8. The Balaban J connectivity index is 2.73. The first-order chi connectivity index (χ1) is 10.3. The van der Waals surface area contributed by atoms with Crippen LogP contribution in [-0.2, 0) is 11.0 Å². The molecule has 0 heterocycles. The second-order valence-corrected chi connectivity index (χ2v) is 4.83. The van der Waals surface area contributed by atoms with Crippen LogP contribution in [0.5, 0.6) is 0 Å². The maximum Gasteiger partial charge on any atom is 0.416 e. The van der Waals surface area contributed by atoms with E-state index in [0.717, 1.165) is 12.1 Å². The fourth-order valence-corrected chi connectivity index (χ4v) is 1.95. The quantitative estimate of drug-likeness (QED) is 0.766. The second kappa shape index (κ2) is 7.89. The Kier molecular flexibility index (Phi) is 6.49. The molecule has 1 amide bonds. The van der Waals surface area contributed by atoms with Gasteiger partial charge in [-0.1, -0.05) is 23.8 Å². The van der Waals surface area contributed by atoms with Gasteiger partial charge in [-0.15, -0.1) is 13.2 Å². The van der Waals surface area contributed by atoms with Gasteiger partial charge in [0.1, 0.15) is 0 Å². The zero-order valence-electron chi connectivity index (χ0n) is 11.8. The largest absolute Gasteiger partial charge is 0.416 e. The average molecular weight is 333 g/mol. The summed E-state index contributed by atoms with van der Waals surface area (Å²) in [5, 5.41) is 2.63. The fraction of sp³-hybridized carbons (Fsp3) is 0.267. The molecule has 0 unspecified atom stereocenters. The summed E-state index contributed by atoms with van der Waals surface area (Å²) in [5.41, 5.74) is -0.575. The number of halogens is 4. The lowest BCUT2D eigenvalue weighted by molar-refractivity contribution is -0.137. The van der Waals surface area contributed by atoms with E-state index in [1.165, 1.54) is 11.0 Å².